The van der Waals surface area contributed by atoms with Crippen LogP contribution in [0.2, 0.25) is 0 Å². The van der Waals surface area contributed by atoms with E-state index >= 15 is 0 Å². The standard InChI is InChI=1S/C16H26N2O6S3/c1-2-3-4-11-26(20,21)13-15(19)17-12-14-5-6-16(25-14)27(22,23)18-7-9-24-10-8-18/h5-6H,2-4,7-13H2,1H3,(H,17,19). The first-order valence-corrected chi connectivity index (χ1v) is 13.0. The van der Waals surface area contributed by atoms with Gasteiger partial charge >= 0.3 is 0 Å². The van der Waals surface area contributed by atoms with Gasteiger partial charge in [-0.25, -0.2) is 16.8 Å². The smallest absolute Gasteiger partial charge is 0.252 e. The molecule has 11 heteroatoms. The van der Waals surface area contributed by atoms with E-state index in [1.54, 1.807) is 6.07 Å². The van der Waals surface area contributed by atoms with Crippen molar-refractivity contribution in [2.24, 2.45) is 0 Å². The predicted octanol–water partition coefficient (Wildman–Crippen LogP) is 0.990. The summed E-state index contributed by atoms with van der Waals surface area (Å²) in [6.45, 7) is 3.48. The van der Waals surface area contributed by atoms with E-state index in [-0.39, 0.29) is 16.5 Å². The Bertz CT molecular complexity index is 826. The van der Waals surface area contributed by atoms with Gasteiger partial charge in [-0.1, -0.05) is 19.8 Å². The highest BCUT2D eigenvalue weighted by Gasteiger charge is 2.27. The minimum absolute atomic E-state index is 0.00913. The molecule has 27 heavy (non-hydrogen) atoms. The van der Waals surface area contributed by atoms with Gasteiger partial charge in [0.1, 0.15) is 9.96 Å². The quantitative estimate of drug-likeness (QED) is 0.546. The molecule has 1 saturated heterocycles. The number of ether oxygens (including phenoxy) is 1. The second-order valence-corrected chi connectivity index (χ2v) is 11.8. The second-order valence-electron chi connectivity index (χ2n) is 6.31. The van der Waals surface area contributed by atoms with E-state index in [0.717, 1.165) is 24.2 Å². The number of nitrogens with one attached hydrogen (secondary N) is 1. The SMILES string of the molecule is CCCCCS(=O)(=O)CC(=O)NCc1ccc(S(=O)(=O)N2CCOCC2)s1. The van der Waals surface area contributed by atoms with Gasteiger partial charge in [0.25, 0.3) is 10.0 Å². The molecule has 0 radical (unpaired) electrons. The van der Waals surface area contributed by atoms with Gasteiger partial charge in [-0.15, -0.1) is 11.3 Å². The van der Waals surface area contributed by atoms with Gasteiger partial charge in [-0.05, 0) is 18.6 Å². The van der Waals surface area contributed by atoms with E-state index in [0.29, 0.717) is 37.6 Å². The third kappa shape index (κ3) is 6.83. The van der Waals surface area contributed by atoms with Crippen LogP contribution in [0.3, 0.4) is 0 Å². The van der Waals surface area contributed by atoms with Gasteiger partial charge in [0.15, 0.2) is 9.84 Å². The van der Waals surface area contributed by atoms with E-state index in [9.17, 15) is 21.6 Å². The van der Waals surface area contributed by atoms with Crippen LogP contribution >= 0.6 is 11.3 Å². The normalized spacial score (nSPS) is 16.3. The Morgan fingerprint density at radius 2 is 1.89 bits per heavy atom. The Hall–Kier alpha value is -1.01. The number of amides is 1. The molecule has 1 aromatic rings. The molecule has 1 aromatic heterocycles. The molecule has 154 valence electrons. The van der Waals surface area contributed by atoms with Crippen molar-refractivity contribution < 1.29 is 26.4 Å². The maximum atomic E-state index is 12.6. The number of unbranched alkanes of at least 4 members (excludes halogenated alkanes) is 2. The average molecular weight is 439 g/mol. The van der Waals surface area contributed by atoms with Crippen LogP contribution in [0.25, 0.3) is 0 Å². The summed E-state index contributed by atoms with van der Waals surface area (Å²) in [5.41, 5.74) is 0. The van der Waals surface area contributed by atoms with Gasteiger partial charge < -0.3 is 10.1 Å². The monoisotopic (exact) mass is 438 g/mol. The maximum Gasteiger partial charge on any atom is 0.252 e. The second kappa shape index (κ2) is 9.97. The summed E-state index contributed by atoms with van der Waals surface area (Å²) in [4.78, 5) is 12.5. The summed E-state index contributed by atoms with van der Waals surface area (Å²) < 4.78 is 55.7. The highest BCUT2D eigenvalue weighted by molar-refractivity contribution is 7.92. The topological polar surface area (TPSA) is 110 Å². The molecule has 1 aliphatic heterocycles. The van der Waals surface area contributed by atoms with E-state index < -0.39 is 31.5 Å². The fourth-order valence-corrected chi connectivity index (χ4v) is 6.73. The number of sulfonamides is 1. The van der Waals surface area contributed by atoms with Crippen LogP contribution in [0.5, 0.6) is 0 Å². The first-order chi connectivity index (χ1) is 12.7. The zero-order chi connectivity index (χ0) is 19.9. The van der Waals surface area contributed by atoms with Crippen molar-refractivity contribution in [3.05, 3.63) is 17.0 Å². The fourth-order valence-electron chi connectivity index (χ4n) is 2.59. The van der Waals surface area contributed by atoms with Crippen LogP contribution in [0, 0.1) is 0 Å². The lowest BCUT2D eigenvalue weighted by Crippen LogP contribution is -2.40. The van der Waals surface area contributed by atoms with Crippen molar-refractivity contribution in [1.82, 2.24) is 9.62 Å². The summed E-state index contributed by atoms with van der Waals surface area (Å²) >= 11 is 1.08. The molecule has 0 spiro atoms. The number of hydrogen-bond donors (Lipinski definition) is 1. The molecule has 8 nitrogen and oxygen atoms in total. The minimum atomic E-state index is -3.56. The van der Waals surface area contributed by atoms with E-state index in [2.05, 4.69) is 5.32 Å². The molecule has 0 aromatic carbocycles. The van der Waals surface area contributed by atoms with Crippen molar-refractivity contribution >= 4 is 37.1 Å². The van der Waals surface area contributed by atoms with Crippen molar-refractivity contribution in [1.29, 1.82) is 0 Å². The van der Waals surface area contributed by atoms with E-state index in [1.165, 1.54) is 10.4 Å². The summed E-state index contributed by atoms with van der Waals surface area (Å²) in [6, 6.07) is 3.15. The zero-order valence-corrected chi connectivity index (χ0v) is 17.8. The van der Waals surface area contributed by atoms with E-state index in [4.69, 9.17) is 4.74 Å². The summed E-state index contributed by atoms with van der Waals surface area (Å²) in [7, 11) is -6.97. The van der Waals surface area contributed by atoms with E-state index in [1.807, 2.05) is 6.92 Å². The van der Waals surface area contributed by atoms with Crippen molar-refractivity contribution in [3.8, 4) is 0 Å². The number of thiophene rings is 1. The highest BCUT2D eigenvalue weighted by Crippen LogP contribution is 2.25. The number of morpholine rings is 1. The van der Waals surface area contributed by atoms with Crippen LogP contribution < -0.4 is 5.32 Å². The number of carbonyl (C=O) groups is 1. The molecule has 1 fully saturated rings. The third-order valence-corrected chi connectivity index (χ3v) is 9.13. The lowest BCUT2D eigenvalue weighted by molar-refractivity contribution is -0.118. The molecule has 2 rings (SSSR count). The number of hydrogen-bond acceptors (Lipinski definition) is 7. The van der Waals surface area contributed by atoms with Crippen molar-refractivity contribution in [3.63, 3.8) is 0 Å². The lowest BCUT2D eigenvalue weighted by Gasteiger charge is -2.25. The summed E-state index contributed by atoms with van der Waals surface area (Å²) in [5, 5.41) is 2.55. The van der Waals surface area contributed by atoms with Gasteiger partial charge in [0.05, 0.1) is 25.5 Å². The van der Waals surface area contributed by atoms with Crippen molar-refractivity contribution in [2.75, 3.05) is 37.8 Å². The Morgan fingerprint density at radius 3 is 2.56 bits per heavy atom. The number of nitrogens with zero attached hydrogens (tertiary/aromatic N) is 1. The average Bonchev–Trinajstić information content (AvgIpc) is 3.10. The molecular formula is C16H26N2O6S3. The van der Waals surface area contributed by atoms with Crippen LogP contribution in [0.15, 0.2) is 16.3 Å². The molecule has 0 aliphatic carbocycles. The number of sulfone groups is 1. The Balaban J connectivity index is 1.87. The first-order valence-electron chi connectivity index (χ1n) is 8.88. The Labute approximate surface area is 164 Å². The summed E-state index contributed by atoms with van der Waals surface area (Å²) in [5.74, 6) is -1.10. The minimum Gasteiger partial charge on any atom is -0.379 e. The van der Waals surface area contributed by atoms with Gasteiger partial charge in [0, 0.05) is 18.0 Å². The molecule has 0 unspecified atom stereocenters. The predicted molar refractivity (Wildman–Crippen MR) is 104 cm³/mol. The Morgan fingerprint density at radius 1 is 1.19 bits per heavy atom. The number of rotatable bonds is 10. The largest absolute Gasteiger partial charge is 0.379 e. The molecule has 2 heterocycles. The highest BCUT2D eigenvalue weighted by atomic mass is 32.2. The fraction of sp³-hybridized carbons (Fsp3) is 0.688. The molecule has 1 amide bonds. The number of carbonyl (C=O) groups excluding carboxylic acids is 1. The van der Waals surface area contributed by atoms with Gasteiger partial charge in [-0.2, -0.15) is 4.31 Å². The lowest BCUT2D eigenvalue weighted by atomic mass is 10.3. The molecule has 0 bridgehead atoms. The molecule has 1 aliphatic rings. The molecule has 0 saturated carbocycles. The van der Waals surface area contributed by atoms with Crippen LogP contribution in [-0.2, 0) is 35.9 Å². The molecule has 0 atom stereocenters. The van der Waals surface area contributed by atoms with Crippen LogP contribution in [0.1, 0.15) is 31.1 Å². The first kappa shape index (κ1) is 22.3. The van der Waals surface area contributed by atoms with Crippen LogP contribution in [0.4, 0.5) is 0 Å². The summed E-state index contributed by atoms with van der Waals surface area (Å²) in [6.07, 6.45) is 2.28. The van der Waals surface area contributed by atoms with Gasteiger partial charge in [0.2, 0.25) is 5.91 Å². The van der Waals surface area contributed by atoms with Crippen LogP contribution in [-0.4, -0.2) is 64.9 Å². The Kier molecular flexibility index (Phi) is 8.22. The maximum absolute atomic E-state index is 12.6. The molecular weight excluding hydrogens is 412 g/mol. The molecule has 1 N–H and O–H groups in total. The van der Waals surface area contributed by atoms with Gasteiger partial charge in [-0.3, -0.25) is 4.79 Å². The third-order valence-electron chi connectivity index (χ3n) is 4.07. The van der Waals surface area contributed by atoms with Crippen molar-refractivity contribution in [2.45, 2.75) is 36.9 Å². The zero-order valence-electron chi connectivity index (χ0n) is 15.3.